The van der Waals surface area contributed by atoms with Crippen molar-refractivity contribution >= 4 is 32.9 Å². The molecule has 0 aliphatic carbocycles. The predicted molar refractivity (Wildman–Crippen MR) is 180 cm³/mol. The highest BCUT2D eigenvalue weighted by Gasteiger charge is 2.41. The third-order valence-electron chi connectivity index (χ3n) is 8.78. The summed E-state index contributed by atoms with van der Waals surface area (Å²) in [4.78, 5) is 29.2. The highest BCUT2D eigenvalue weighted by molar-refractivity contribution is 7.89. The Hall–Kier alpha value is -4.57. The summed E-state index contributed by atoms with van der Waals surface area (Å²) in [5.41, 5.74) is 6.52. The van der Waals surface area contributed by atoms with Crippen molar-refractivity contribution in [2.45, 2.75) is 72.3 Å². The second-order valence-corrected chi connectivity index (χ2v) is 14.8. The molecule has 2 N–H and O–H groups in total. The van der Waals surface area contributed by atoms with Gasteiger partial charge in [-0.05, 0) is 60.2 Å². The van der Waals surface area contributed by atoms with Gasteiger partial charge in [0, 0.05) is 50.6 Å². The molecule has 270 valence electrons. The van der Waals surface area contributed by atoms with E-state index in [0.29, 0.717) is 13.1 Å². The lowest BCUT2D eigenvalue weighted by molar-refractivity contribution is -0.192. The summed E-state index contributed by atoms with van der Waals surface area (Å²) in [6.07, 6.45) is 0.483. The summed E-state index contributed by atoms with van der Waals surface area (Å²) in [6.45, 7) is 11.9. The summed E-state index contributed by atoms with van der Waals surface area (Å²) in [5.74, 6) is -2.92. The number of aliphatic carboxylic acids is 1. The second-order valence-electron chi connectivity index (χ2n) is 13.0. The maximum atomic E-state index is 13.6. The van der Waals surface area contributed by atoms with E-state index in [1.807, 2.05) is 44.4 Å². The lowest BCUT2D eigenvalue weighted by Gasteiger charge is -2.35. The number of amides is 1. The summed E-state index contributed by atoms with van der Waals surface area (Å²) < 4.78 is 66.3. The summed E-state index contributed by atoms with van der Waals surface area (Å²) in [5, 5.41) is 15.7. The Morgan fingerprint density at radius 3 is 2.44 bits per heavy atom. The molecular weight excluding hydrogens is 677 g/mol. The number of sulfonamides is 1. The number of alkyl halides is 3. The molecular formula is C34H41F3N6O6S. The minimum atomic E-state index is -5.08. The second kappa shape index (κ2) is 14.7. The Bertz CT molecular complexity index is 2000. The first-order chi connectivity index (χ1) is 23.2. The molecule has 1 aliphatic rings. The standard InChI is InChI=1S/C32H40N6O4S.C2HF3O2/c1-8-25-19-38(18-24-16-33-14-13-28(24)42-25)17-23-15-22(10-9-20(23)2)29(32(4,5)31(39)35-43(7,40)41)26-11-12-27-30(21(26)3)34-36-37(27)6;3-2(4,5)1(6)7/h9-16,25,29H,8,17-19H2,1-7H3,(H,35,39);(H,6,7)/t25-,29+;/m1./s1. The fourth-order valence-corrected chi connectivity index (χ4v) is 6.65. The number of pyridine rings is 1. The molecule has 1 amide bonds. The number of carbonyl (C=O) groups is 2. The molecule has 2 aromatic heterocycles. The molecule has 0 saturated heterocycles. The molecule has 3 heterocycles. The van der Waals surface area contributed by atoms with E-state index >= 15 is 0 Å². The third kappa shape index (κ3) is 8.77. The van der Waals surface area contributed by atoms with Gasteiger partial charge in [0.15, 0.2) is 0 Å². The lowest BCUT2D eigenvalue weighted by atomic mass is 9.69. The van der Waals surface area contributed by atoms with Crippen LogP contribution in [0.5, 0.6) is 5.75 Å². The van der Waals surface area contributed by atoms with Crippen LogP contribution in [-0.2, 0) is 39.7 Å². The monoisotopic (exact) mass is 718 g/mol. The molecule has 2 atom stereocenters. The molecule has 1 aliphatic heterocycles. The maximum absolute atomic E-state index is 13.6. The molecule has 4 aromatic rings. The van der Waals surface area contributed by atoms with Gasteiger partial charge in [-0.1, -0.05) is 50.3 Å². The molecule has 2 aromatic carbocycles. The van der Waals surface area contributed by atoms with Crippen molar-refractivity contribution in [3.05, 3.63) is 82.2 Å². The number of hydrogen-bond acceptors (Lipinski definition) is 9. The molecule has 16 heteroatoms. The highest BCUT2D eigenvalue weighted by atomic mass is 32.2. The predicted octanol–water partition coefficient (Wildman–Crippen LogP) is 5.02. The van der Waals surface area contributed by atoms with E-state index in [2.05, 4.69) is 50.9 Å². The van der Waals surface area contributed by atoms with Crippen LogP contribution in [0.4, 0.5) is 13.2 Å². The highest BCUT2D eigenvalue weighted by Crippen LogP contribution is 2.44. The van der Waals surface area contributed by atoms with E-state index in [1.54, 1.807) is 24.7 Å². The van der Waals surface area contributed by atoms with Gasteiger partial charge in [-0.3, -0.25) is 19.4 Å². The topological polar surface area (TPSA) is 157 Å². The summed E-state index contributed by atoms with van der Waals surface area (Å²) in [6, 6.07) is 12.2. The van der Waals surface area contributed by atoms with Crippen LogP contribution in [0.15, 0.2) is 48.8 Å². The molecule has 0 fully saturated rings. The first kappa shape index (κ1) is 38.2. The average Bonchev–Trinajstić information content (AvgIpc) is 3.30. The van der Waals surface area contributed by atoms with E-state index in [4.69, 9.17) is 14.6 Å². The molecule has 50 heavy (non-hydrogen) atoms. The van der Waals surface area contributed by atoms with Crippen LogP contribution >= 0.6 is 0 Å². The number of aryl methyl sites for hydroxylation is 3. The number of carbonyl (C=O) groups excluding carboxylic acids is 1. The Morgan fingerprint density at radius 1 is 1.14 bits per heavy atom. The van der Waals surface area contributed by atoms with E-state index in [-0.39, 0.29) is 6.10 Å². The van der Waals surface area contributed by atoms with Crippen molar-refractivity contribution in [1.29, 1.82) is 0 Å². The Labute approximate surface area is 288 Å². The van der Waals surface area contributed by atoms with Crippen LogP contribution < -0.4 is 9.46 Å². The van der Waals surface area contributed by atoms with E-state index < -0.39 is 39.4 Å². The van der Waals surface area contributed by atoms with Crippen LogP contribution in [0.3, 0.4) is 0 Å². The number of nitrogens with zero attached hydrogens (tertiary/aromatic N) is 5. The summed E-state index contributed by atoms with van der Waals surface area (Å²) >= 11 is 0. The van der Waals surface area contributed by atoms with Crippen LogP contribution in [0, 0.1) is 19.3 Å². The molecule has 12 nitrogen and oxygen atoms in total. The van der Waals surface area contributed by atoms with Gasteiger partial charge in [-0.2, -0.15) is 13.2 Å². The third-order valence-corrected chi connectivity index (χ3v) is 9.34. The van der Waals surface area contributed by atoms with Gasteiger partial charge in [0.1, 0.15) is 17.4 Å². The zero-order valence-electron chi connectivity index (χ0n) is 28.9. The van der Waals surface area contributed by atoms with Crippen LogP contribution in [0.1, 0.15) is 66.5 Å². The first-order valence-electron chi connectivity index (χ1n) is 15.7. The van der Waals surface area contributed by atoms with Crippen molar-refractivity contribution in [2.75, 3.05) is 12.8 Å². The fourth-order valence-electron chi connectivity index (χ4n) is 6.05. The van der Waals surface area contributed by atoms with Gasteiger partial charge in [-0.15, -0.1) is 5.10 Å². The number of aromatic nitrogens is 4. The van der Waals surface area contributed by atoms with Gasteiger partial charge in [0.2, 0.25) is 15.9 Å². The number of benzene rings is 2. The van der Waals surface area contributed by atoms with E-state index in [9.17, 15) is 26.4 Å². The Balaban J connectivity index is 0.000000727. The number of nitrogens with one attached hydrogen (secondary N) is 1. The van der Waals surface area contributed by atoms with Crippen molar-refractivity contribution in [3.8, 4) is 5.75 Å². The number of carboxylic acids is 1. The van der Waals surface area contributed by atoms with Crippen molar-refractivity contribution in [3.63, 3.8) is 0 Å². The van der Waals surface area contributed by atoms with Crippen molar-refractivity contribution < 1.29 is 41.0 Å². The Morgan fingerprint density at radius 2 is 1.82 bits per heavy atom. The smallest absolute Gasteiger partial charge is 0.489 e. The van der Waals surface area contributed by atoms with Crippen molar-refractivity contribution in [1.82, 2.24) is 29.6 Å². The zero-order valence-corrected chi connectivity index (χ0v) is 29.7. The zero-order chi connectivity index (χ0) is 37.2. The minimum Gasteiger partial charge on any atom is -0.489 e. The van der Waals surface area contributed by atoms with Gasteiger partial charge < -0.3 is 9.84 Å². The molecule has 0 bridgehead atoms. The van der Waals surface area contributed by atoms with Crippen LogP contribution in [0.2, 0.25) is 0 Å². The SMILES string of the molecule is CC[C@@H]1CN(Cc2cc([C@@H](c3ccc4c(nnn4C)c3C)C(C)(C)C(=O)NS(C)(=O)=O)ccc2C)Cc2cnccc2O1.O=C(O)C(F)(F)F. The molecule has 5 rings (SSSR count). The molecule has 0 unspecified atom stereocenters. The fraction of sp³-hybridized carbons (Fsp3) is 0.441. The molecule has 0 spiro atoms. The van der Waals surface area contributed by atoms with Gasteiger partial charge in [0.25, 0.3) is 0 Å². The number of halogens is 3. The number of rotatable bonds is 8. The van der Waals surface area contributed by atoms with Crippen LogP contribution in [-0.4, -0.2) is 75.4 Å². The average molecular weight is 719 g/mol. The van der Waals surface area contributed by atoms with Crippen molar-refractivity contribution in [2.24, 2.45) is 12.5 Å². The number of hydrogen-bond donors (Lipinski definition) is 2. The van der Waals surface area contributed by atoms with Gasteiger partial charge in [0.05, 0.1) is 17.2 Å². The summed E-state index contributed by atoms with van der Waals surface area (Å²) in [7, 11) is -1.92. The molecule has 0 saturated carbocycles. The van der Waals surface area contributed by atoms with Crippen LogP contribution in [0.25, 0.3) is 11.0 Å². The lowest BCUT2D eigenvalue weighted by Crippen LogP contribution is -2.43. The van der Waals surface area contributed by atoms with Gasteiger partial charge in [-0.25, -0.2) is 17.9 Å². The number of fused-ring (bicyclic) bond motifs is 2. The minimum absolute atomic E-state index is 0.0554. The maximum Gasteiger partial charge on any atom is 0.490 e. The Kier molecular flexibility index (Phi) is 11.3. The number of ether oxygens (including phenoxy) is 1. The van der Waals surface area contributed by atoms with E-state index in [1.165, 1.54) is 0 Å². The quantitative estimate of drug-likeness (QED) is 0.254. The number of carboxylic acid groups (broad SMARTS) is 1. The normalized spacial score (nSPS) is 16.0. The molecule has 0 radical (unpaired) electrons. The van der Waals surface area contributed by atoms with E-state index in [0.717, 1.165) is 69.4 Å². The van der Waals surface area contributed by atoms with Gasteiger partial charge >= 0.3 is 12.1 Å². The first-order valence-corrected chi connectivity index (χ1v) is 17.6. The largest absolute Gasteiger partial charge is 0.490 e.